The monoisotopic (exact) mass is 365 g/mol. The van der Waals surface area contributed by atoms with Gasteiger partial charge in [0.25, 0.3) is 0 Å². The van der Waals surface area contributed by atoms with Crippen molar-refractivity contribution in [2.75, 3.05) is 13.7 Å². The summed E-state index contributed by atoms with van der Waals surface area (Å²) in [5.74, 6) is 0.492. The van der Waals surface area contributed by atoms with Gasteiger partial charge in [0, 0.05) is 11.1 Å². The maximum absolute atomic E-state index is 11.6. The largest absolute Gasteiger partial charge is 0.494 e. The highest BCUT2D eigenvalue weighted by Gasteiger charge is 2.13. The second kappa shape index (κ2) is 9.03. The van der Waals surface area contributed by atoms with Crippen molar-refractivity contribution >= 4 is 5.97 Å². The van der Waals surface area contributed by atoms with Gasteiger partial charge in [-0.05, 0) is 36.2 Å². The molecule has 5 nitrogen and oxygen atoms in total. The molecular formula is C22H23NO4. The molecule has 1 aromatic heterocycles. The van der Waals surface area contributed by atoms with Crippen LogP contribution in [0, 0.1) is 0 Å². The molecule has 5 heteroatoms. The second-order valence-corrected chi connectivity index (χ2v) is 6.23. The SMILES string of the molecule is CCCCCOc1ccc(-c2conc2-c2ccc(C(=O)OC)cc2)cc1. The van der Waals surface area contributed by atoms with Crippen LogP contribution in [0.4, 0.5) is 0 Å². The van der Waals surface area contributed by atoms with Crippen LogP contribution in [0.15, 0.2) is 59.3 Å². The Kier molecular flexibility index (Phi) is 6.26. The number of rotatable bonds is 8. The van der Waals surface area contributed by atoms with E-state index < -0.39 is 0 Å². The van der Waals surface area contributed by atoms with Crippen molar-refractivity contribution in [1.29, 1.82) is 0 Å². The minimum Gasteiger partial charge on any atom is -0.494 e. The lowest BCUT2D eigenvalue weighted by Crippen LogP contribution is -2.00. The molecule has 27 heavy (non-hydrogen) atoms. The summed E-state index contributed by atoms with van der Waals surface area (Å²) in [4.78, 5) is 11.6. The fourth-order valence-electron chi connectivity index (χ4n) is 2.80. The van der Waals surface area contributed by atoms with Crippen LogP contribution in [-0.2, 0) is 4.74 Å². The maximum atomic E-state index is 11.6. The third-order valence-corrected chi connectivity index (χ3v) is 4.33. The summed E-state index contributed by atoms with van der Waals surface area (Å²) < 4.78 is 15.7. The first-order valence-electron chi connectivity index (χ1n) is 9.09. The summed E-state index contributed by atoms with van der Waals surface area (Å²) in [6.07, 6.45) is 5.05. The van der Waals surface area contributed by atoms with Gasteiger partial charge in [0.15, 0.2) is 0 Å². The van der Waals surface area contributed by atoms with Gasteiger partial charge in [0.1, 0.15) is 17.7 Å². The number of aromatic nitrogens is 1. The van der Waals surface area contributed by atoms with Gasteiger partial charge in [-0.1, -0.05) is 49.2 Å². The number of carbonyl (C=O) groups is 1. The summed E-state index contributed by atoms with van der Waals surface area (Å²) in [6, 6.07) is 15.0. The summed E-state index contributed by atoms with van der Waals surface area (Å²) in [5, 5.41) is 4.13. The van der Waals surface area contributed by atoms with Gasteiger partial charge in [-0.2, -0.15) is 0 Å². The van der Waals surface area contributed by atoms with Crippen molar-refractivity contribution in [3.05, 3.63) is 60.4 Å². The van der Waals surface area contributed by atoms with Gasteiger partial charge in [-0.3, -0.25) is 0 Å². The van der Waals surface area contributed by atoms with Crippen LogP contribution in [0.3, 0.4) is 0 Å². The van der Waals surface area contributed by atoms with E-state index in [1.54, 1.807) is 18.4 Å². The number of esters is 1. The molecule has 0 fully saturated rings. The number of methoxy groups -OCH3 is 1. The average Bonchev–Trinajstić information content (AvgIpc) is 3.21. The minimum atomic E-state index is -0.364. The molecule has 140 valence electrons. The lowest BCUT2D eigenvalue weighted by Gasteiger charge is -2.07. The van der Waals surface area contributed by atoms with E-state index in [1.165, 1.54) is 20.0 Å². The molecule has 0 amide bonds. The summed E-state index contributed by atoms with van der Waals surface area (Å²) in [6.45, 7) is 2.91. The smallest absolute Gasteiger partial charge is 0.337 e. The zero-order chi connectivity index (χ0) is 19.1. The zero-order valence-corrected chi connectivity index (χ0v) is 15.6. The zero-order valence-electron chi connectivity index (χ0n) is 15.6. The van der Waals surface area contributed by atoms with Gasteiger partial charge >= 0.3 is 5.97 Å². The number of nitrogens with zero attached hydrogens (tertiary/aromatic N) is 1. The van der Waals surface area contributed by atoms with Crippen LogP contribution < -0.4 is 4.74 Å². The van der Waals surface area contributed by atoms with Crippen molar-refractivity contribution in [2.24, 2.45) is 0 Å². The van der Waals surface area contributed by atoms with Crippen LogP contribution in [-0.4, -0.2) is 24.8 Å². The first kappa shape index (κ1) is 18.7. The fourth-order valence-corrected chi connectivity index (χ4v) is 2.80. The molecule has 0 aliphatic heterocycles. The topological polar surface area (TPSA) is 61.6 Å². The Balaban J connectivity index is 1.75. The first-order valence-corrected chi connectivity index (χ1v) is 9.09. The lowest BCUT2D eigenvalue weighted by atomic mass is 10.0. The predicted octanol–water partition coefficient (Wildman–Crippen LogP) is 5.36. The molecule has 1 heterocycles. The second-order valence-electron chi connectivity index (χ2n) is 6.23. The molecular weight excluding hydrogens is 342 g/mol. The van der Waals surface area contributed by atoms with Crippen LogP contribution >= 0.6 is 0 Å². The van der Waals surface area contributed by atoms with Crippen molar-refractivity contribution in [1.82, 2.24) is 5.16 Å². The fraction of sp³-hybridized carbons (Fsp3) is 0.273. The van der Waals surface area contributed by atoms with Crippen molar-refractivity contribution in [2.45, 2.75) is 26.2 Å². The Morgan fingerprint density at radius 1 is 1.00 bits per heavy atom. The molecule has 3 aromatic rings. The van der Waals surface area contributed by atoms with Gasteiger partial charge in [-0.15, -0.1) is 0 Å². The van der Waals surface area contributed by atoms with Gasteiger partial charge in [-0.25, -0.2) is 4.79 Å². The Hall–Kier alpha value is -3.08. The molecule has 0 spiro atoms. The van der Waals surface area contributed by atoms with E-state index >= 15 is 0 Å². The first-order chi connectivity index (χ1) is 13.2. The van der Waals surface area contributed by atoms with E-state index in [1.807, 2.05) is 36.4 Å². The molecule has 0 aliphatic rings. The highest BCUT2D eigenvalue weighted by atomic mass is 16.5. The number of carbonyl (C=O) groups excluding carboxylic acids is 1. The van der Waals surface area contributed by atoms with Crippen LogP contribution in [0.1, 0.15) is 36.5 Å². The van der Waals surface area contributed by atoms with Crippen molar-refractivity contribution < 1.29 is 18.8 Å². The standard InChI is InChI=1S/C22H23NO4/c1-3-4-5-14-26-19-12-10-16(11-13-19)20-15-27-23-21(20)17-6-8-18(9-7-17)22(24)25-2/h6-13,15H,3-5,14H2,1-2H3. The molecule has 0 saturated carbocycles. The van der Waals surface area contributed by atoms with Gasteiger partial charge in [0.2, 0.25) is 0 Å². The Labute approximate surface area is 158 Å². The Morgan fingerprint density at radius 3 is 2.37 bits per heavy atom. The molecule has 0 saturated heterocycles. The molecule has 0 atom stereocenters. The number of ether oxygens (including phenoxy) is 2. The molecule has 0 bridgehead atoms. The van der Waals surface area contributed by atoms with Gasteiger partial charge < -0.3 is 14.0 Å². The van der Waals surface area contributed by atoms with Crippen LogP contribution in [0.25, 0.3) is 22.4 Å². The van der Waals surface area contributed by atoms with Crippen molar-refractivity contribution in [3.63, 3.8) is 0 Å². The molecule has 0 unspecified atom stereocenters. The number of unbranched alkanes of at least 4 members (excludes halogenated alkanes) is 2. The van der Waals surface area contributed by atoms with Crippen LogP contribution in [0.2, 0.25) is 0 Å². The van der Waals surface area contributed by atoms with E-state index in [9.17, 15) is 4.79 Å². The number of hydrogen-bond acceptors (Lipinski definition) is 5. The van der Waals surface area contributed by atoms with E-state index in [0.717, 1.165) is 41.2 Å². The van der Waals surface area contributed by atoms with E-state index in [0.29, 0.717) is 5.56 Å². The summed E-state index contributed by atoms with van der Waals surface area (Å²) in [7, 11) is 1.36. The highest BCUT2D eigenvalue weighted by Crippen LogP contribution is 2.32. The number of hydrogen-bond donors (Lipinski definition) is 0. The third kappa shape index (κ3) is 4.56. The maximum Gasteiger partial charge on any atom is 0.337 e. The molecule has 0 N–H and O–H groups in total. The van der Waals surface area contributed by atoms with E-state index in [2.05, 4.69) is 12.1 Å². The van der Waals surface area contributed by atoms with Crippen LogP contribution in [0.5, 0.6) is 5.75 Å². The highest BCUT2D eigenvalue weighted by molar-refractivity contribution is 5.90. The minimum absolute atomic E-state index is 0.364. The molecule has 3 rings (SSSR count). The molecule has 0 aliphatic carbocycles. The molecule has 0 radical (unpaired) electrons. The quantitative estimate of drug-likeness (QED) is 0.397. The van der Waals surface area contributed by atoms with Gasteiger partial charge in [0.05, 0.1) is 19.3 Å². The van der Waals surface area contributed by atoms with Crippen molar-refractivity contribution in [3.8, 4) is 28.1 Å². The number of benzene rings is 2. The van der Waals surface area contributed by atoms with E-state index in [-0.39, 0.29) is 5.97 Å². The predicted molar refractivity (Wildman–Crippen MR) is 104 cm³/mol. The Morgan fingerprint density at radius 2 is 1.70 bits per heavy atom. The summed E-state index contributed by atoms with van der Waals surface area (Å²) in [5.41, 5.74) is 3.97. The molecule has 2 aromatic carbocycles. The summed E-state index contributed by atoms with van der Waals surface area (Å²) >= 11 is 0. The average molecular weight is 365 g/mol. The third-order valence-electron chi connectivity index (χ3n) is 4.33. The van der Waals surface area contributed by atoms with E-state index in [4.69, 9.17) is 14.0 Å². The normalized spacial score (nSPS) is 10.6. The lowest BCUT2D eigenvalue weighted by molar-refractivity contribution is 0.0601. The Bertz CT molecular complexity index is 866.